The van der Waals surface area contributed by atoms with E-state index < -0.39 is 70.4 Å². The summed E-state index contributed by atoms with van der Waals surface area (Å²) in [7, 11) is 0. The first kappa shape index (κ1) is 36.9. The van der Waals surface area contributed by atoms with Crippen LogP contribution in [0.2, 0.25) is 5.02 Å². The topological polar surface area (TPSA) is 162 Å². The van der Waals surface area contributed by atoms with Crippen LogP contribution in [0, 0.1) is 23.7 Å². The fourth-order valence-electron chi connectivity index (χ4n) is 9.78. The maximum atomic E-state index is 15.5. The lowest BCUT2D eigenvalue weighted by Gasteiger charge is -2.50. The van der Waals surface area contributed by atoms with Crippen LogP contribution in [0.15, 0.2) is 133 Å². The molecule has 2 saturated heterocycles. The summed E-state index contributed by atoms with van der Waals surface area (Å²) in [5, 5.41) is 32.3. The Balaban J connectivity index is 1.20. The molecule has 5 aromatic carbocycles. The summed E-state index contributed by atoms with van der Waals surface area (Å²) in [6.45, 7) is 0.237. The van der Waals surface area contributed by atoms with Gasteiger partial charge in [0.1, 0.15) is 29.4 Å². The predicted octanol–water partition coefficient (Wildman–Crippen LogP) is 7.40. The molecule has 12 heteroatoms. The van der Waals surface area contributed by atoms with E-state index in [-0.39, 0.29) is 42.1 Å². The molecule has 0 spiro atoms. The highest BCUT2D eigenvalue weighted by molar-refractivity contribution is 6.32. The number of carboxylic acids is 1. The molecule has 290 valence electrons. The lowest BCUT2D eigenvalue weighted by molar-refractivity contribution is -0.127. The second kappa shape index (κ2) is 14.0. The van der Waals surface area contributed by atoms with E-state index >= 15 is 9.59 Å². The molecular weight excluding hydrogens is 760 g/mol. The van der Waals surface area contributed by atoms with Crippen molar-refractivity contribution in [2.24, 2.45) is 23.7 Å². The molecule has 0 bridgehead atoms. The number of imide groups is 2. The molecule has 4 aliphatic rings. The standard InChI is InChI=1S/C46H35ClN2O9/c47-27-12-7-13-28(20-27)49-42(53)36-23-35-31(18-19-34-39(35)43(54)48(41(34)52)29-14-16-33(44(55)56)37(50)21-29)40(46(36,45(49)57)26-10-5-2-6-11-26)32-17-15-30(22-38(32)51)58-24-25-8-3-1-4-9-25/h1-18,20-22,34-36,39-40,50-51H,19,23-24H2,(H,55,56). The summed E-state index contributed by atoms with van der Waals surface area (Å²) in [6.07, 6.45) is 2.01. The number of carbonyl (C=O) groups is 5. The number of hydrogen-bond acceptors (Lipinski definition) is 8. The van der Waals surface area contributed by atoms with Crippen LogP contribution in [0.3, 0.4) is 0 Å². The van der Waals surface area contributed by atoms with Crippen molar-refractivity contribution in [1.29, 1.82) is 0 Å². The Hall–Kier alpha value is -6.72. The second-order valence-corrected chi connectivity index (χ2v) is 15.5. The van der Waals surface area contributed by atoms with Gasteiger partial charge in [0.15, 0.2) is 0 Å². The van der Waals surface area contributed by atoms with Gasteiger partial charge in [0.25, 0.3) is 0 Å². The molecule has 3 N–H and O–H groups in total. The summed E-state index contributed by atoms with van der Waals surface area (Å²) in [6, 6.07) is 33.4. The third-order valence-corrected chi connectivity index (χ3v) is 12.4. The maximum absolute atomic E-state index is 15.5. The van der Waals surface area contributed by atoms with E-state index in [2.05, 4.69) is 0 Å². The first-order chi connectivity index (χ1) is 28.0. The first-order valence-electron chi connectivity index (χ1n) is 18.8. The van der Waals surface area contributed by atoms with Crippen LogP contribution in [-0.2, 0) is 31.2 Å². The van der Waals surface area contributed by atoms with Crippen LogP contribution in [0.25, 0.3) is 0 Å². The van der Waals surface area contributed by atoms with Crippen LogP contribution >= 0.6 is 11.6 Å². The number of benzene rings is 5. The van der Waals surface area contributed by atoms with Gasteiger partial charge in [-0.1, -0.05) is 96.0 Å². The van der Waals surface area contributed by atoms with Gasteiger partial charge in [0.05, 0.1) is 34.5 Å². The van der Waals surface area contributed by atoms with Gasteiger partial charge in [-0.3, -0.25) is 19.2 Å². The summed E-state index contributed by atoms with van der Waals surface area (Å²) in [5.74, 6) is -8.50. The van der Waals surface area contributed by atoms with E-state index in [9.17, 15) is 29.7 Å². The molecule has 0 aromatic heterocycles. The van der Waals surface area contributed by atoms with Gasteiger partial charge in [0.2, 0.25) is 23.6 Å². The van der Waals surface area contributed by atoms with Crippen LogP contribution in [0.4, 0.5) is 11.4 Å². The number of amides is 4. The molecule has 11 nitrogen and oxygen atoms in total. The number of halogens is 1. The molecule has 58 heavy (non-hydrogen) atoms. The van der Waals surface area contributed by atoms with Crippen LogP contribution < -0.4 is 14.5 Å². The lowest BCUT2D eigenvalue weighted by atomic mass is 9.49. The number of ether oxygens (including phenoxy) is 1. The number of phenolic OH excluding ortho intramolecular Hbond substituents is 1. The van der Waals surface area contributed by atoms with E-state index in [1.807, 2.05) is 42.5 Å². The van der Waals surface area contributed by atoms with E-state index in [4.69, 9.17) is 16.3 Å². The molecule has 5 aromatic rings. The average molecular weight is 795 g/mol. The van der Waals surface area contributed by atoms with Gasteiger partial charge < -0.3 is 20.1 Å². The zero-order chi connectivity index (χ0) is 40.5. The number of fused-ring (bicyclic) bond motifs is 4. The third kappa shape index (κ3) is 5.60. The number of allylic oxidation sites excluding steroid dienone is 2. The minimum atomic E-state index is -1.61. The van der Waals surface area contributed by atoms with E-state index in [0.717, 1.165) is 27.5 Å². The molecule has 6 unspecified atom stereocenters. The number of nitrogens with zero attached hydrogens (tertiary/aromatic N) is 2. The predicted molar refractivity (Wildman–Crippen MR) is 213 cm³/mol. The monoisotopic (exact) mass is 794 g/mol. The minimum Gasteiger partial charge on any atom is -0.508 e. The lowest BCUT2D eigenvalue weighted by Crippen LogP contribution is -2.53. The molecule has 2 aliphatic heterocycles. The Kier molecular flexibility index (Phi) is 8.93. The normalized spacial score (nSPS) is 24.9. The summed E-state index contributed by atoms with van der Waals surface area (Å²) in [5.41, 5.74) is 0.735. The Morgan fingerprint density at radius 1 is 0.741 bits per heavy atom. The van der Waals surface area contributed by atoms with E-state index in [1.54, 1.807) is 60.7 Å². The van der Waals surface area contributed by atoms with Crippen LogP contribution in [0.5, 0.6) is 17.2 Å². The number of aromatic carboxylic acids is 1. The van der Waals surface area contributed by atoms with Crippen molar-refractivity contribution in [3.63, 3.8) is 0 Å². The number of anilines is 2. The fraction of sp³-hybridized carbons (Fsp3) is 0.196. The molecule has 1 saturated carbocycles. The van der Waals surface area contributed by atoms with Crippen molar-refractivity contribution in [3.05, 3.63) is 160 Å². The highest BCUT2D eigenvalue weighted by atomic mass is 35.5. The largest absolute Gasteiger partial charge is 0.508 e. The van der Waals surface area contributed by atoms with Gasteiger partial charge in [-0.2, -0.15) is 0 Å². The van der Waals surface area contributed by atoms with Gasteiger partial charge in [-0.05, 0) is 66.3 Å². The average Bonchev–Trinajstić information content (AvgIpc) is 3.61. The molecule has 6 atom stereocenters. The smallest absolute Gasteiger partial charge is 0.339 e. The van der Waals surface area contributed by atoms with Crippen LogP contribution in [0.1, 0.15) is 45.8 Å². The summed E-state index contributed by atoms with van der Waals surface area (Å²) < 4.78 is 6.05. The van der Waals surface area contributed by atoms with Crippen molar-refractivity contribution in [2.45, 2.75) is 30.8 Å². The molecule has 9 rings (SSSR count). The SMILES string of the molecule is O=C(O)c1ccc(N2C(=O)C3CC=C4C(CC5C(=O)N(c6cccc(Cl)c6)C(=O)C5(c5ccccc5)C4c4ccc(OCc5ccccc5)cc4O)C3C2=O)cc1O. The summed E-state index contributed by atoms with van der Waals surface area (Å²) in [4.78, 5) is 73.0. The molecular formula is C46H35ClN2O9. The Morgan fingerprint density at radius 3 is 2.16 bits per heavy atom. The van der Waals surface area contributed by atoms with Gasteiger partial charge in [-0.25, -0.2) is 14.6 Å². The molecule has 0 radical (unpaired) electrons. The van der Waals surface area contributed by atoms with Crippen LogP contribution in [-0.4, -0.2) is 44.9 Å². The van der Waals surface area contributed by atoms with Gasteiger partial charge in [-0.15, -0.1) is 0 Å². The van der Waals surface area contributed by atoms with E-state index in [1.165, 1.54) is 12.1 Å². The number of rotatable bonds is 8. The van der Waals surface area contributed by atoms with E-state index in [0.29, 0.717) is 27.5 Å². The minimum absolute atomic E-state index is 0.0161. The highest BCUT2D eigenvalue weighted by Crippen LogP contribution is 2.65. The number of aromatic hydroxyl groups is 2. The molecule has 2 aliphatic carbocycles. The Labute approximate surface area is 337 Å². The second-order valence-electron chi connectivity index (χ2n) is 15.1. The molecule has 2 heterocycles. The quantitative estimate of drug-likeness (QED) is 0.107. The number of carboxylic acid groups (broad SMARTS) is 1. The van der Waals surface area contributed by atoms with Gasteiger partial charge in [0, 0.05) is 28.6 Å². The first-order valence-corrected chi connectivity index (χ1v) is 19.2. The van der Waals surface area contributed by atoms with Gasteiger partial charge >= 0.3 is 5.97 Å². The van der Waals surface area contributed by atoms with Crippen molar-refractivity contribution in [2.75, 3.05) is 9.80 Å². The van der Waals surface area contributed by atoms with Crippen molar-refractivity contribution in [1.82, 2.24) is 0 Å². The maximum Gasteiger partial charge on any atom is 0.339 e. The molecule has 3 fully saturated rings. The highest BCUT2D eigenvalue weighted by Gasteiger charge is 2.70. The molecule has 4 amide bonds. The number of hydrogen-bond donors (Lipinski definition) is 3. The summed E-state index contributed by atoms with van der Waals surface area (Å²) >= 11 is 6.41. The Morgan fingerprint density at radius 2 is 1.47 bits per heavy atom. The Bertz CT molecular complexity index is 2580. The zero-order valence-electron chi connectivity index (χ0n) is 30.7. The van der Waals surface area contributed by atoms with Crippen molar-refractivity contribution < 1.29 is 44.0 Å². The number of carbonyl (C=O) groups excluding carboxylic acids is 4. The fourth-order valence-corrected chi connectivity index (χ4v) is 9.97. The third-order valence-electron chi connectivity index (χ3n) is 12.2. The number of phenols is 2. The van der Waals surface area contributed by atoms with Crippen molar-refractivity contribution >= 4 is 52.6 Å². The van der Waals surface area contributed by atoms with Crippen molar-refractivity contribution in [3.8, 4) is 17.2 Å². The zero-order valence-corrected chi connectivity index (χ0v) is 31.5.